The molecular formula is C22H27F6N3O2S. The Morgan fingerprint density at radius 2 is 1.79 bits per heavy atom. The average Bonchev–Trinajstić information content (AvgIpc) is 3.20. The fourth-order valence-corrected chi connectivity index (χ4v) is 4.77. The van der Waals surface area contributed by atoms with Crippen LogP contribution >= 0.6 is 11.3 Å². The molecule has 1 fully saturated rings. The lowest BCUT2D eigenvalue weighted by Gasteiger charge is -2.35. The second-order valence-corrected chi connectivity index (χ2v) is 9.83. The van der Waals surface area contributed by atoms with Crippen LogP contribution in [0.25, 0.3) is 5.57 Å². The molecule has 190 valence electrons. The minimum atomic E-state index is -5.84. The molecule has 1 atom stereocenters. The third kappa shape index (κ3) is 6.39. The summed E-state index contributed by atoms with van der Waals surface area (Å²) in [5.74, 6) is 0.210. The van der Waals surface area contributed by atoms with Gasteiger partial charge in [0, 0.05) is 24.4 Å². The lowest BCUT2D eigenvalue weighted by molar-refractivity contribution is -0.365. The highest BCUT2D eigenvalue weighted by Gasteiger charge is 2.70. The van der Waals surface area contributed by atoms with Gasteiger partial charge in [-0.05, 0) is 49.5 Å². The highest BCUT2D eigenvalue weighted by atomic mass is 32.1. The van der Waals surface area contributed by atoms with Gasteiger partial charge in [0.15, 0.2) is 5.13 Å². The largest absolute Gasteiger partial charge is 0.427 e. The number of carbonyl (C=O) groups is 1. The number of allylic oxidation sites excluding steroid dienone is 4. The Balaban J connectivity index is 1.44. The molecule has 1 amide bonds. The van der Waals surface area contributed by atoms with Gasteiger partial charge in [-0.15, -0.1) is 11.3 Å². The van der Waals surface area contributed by atoms with Crippen molar-refractivity contribution in [3.63, 3.8) is 0 Å². The zero-order chi connectivity index (χ0) is 25.1. The van der Waals surface area contributed by atoms with Gasteiger partial charge in [-0.1, -0.05) is 25.2 Å². The fourth-order valence-electron chi connectivity index (χ4n) is 4.04. The first-order valence-corrected chi connectivity index (χ1v) is 11.9. The molecule has 1 heterocycles. The number of thiazole rings is 1. The van der Waals surface area contributed by atoms with Crippen LogP contribution in [0.15, 0.2) is 23.6 Å². The van der Waals surface area contributed by atoms with Gasteiger partial charge >= 0.3 is 12.4 Å². The first-order chi connectivity index (χ1) is 15.8. The molecule has 12 heteroatoms. The maximum absolute atomic E-state index is 12.8. The number of anilines is 1. The first-order valence-electron chi connectivity index (χ1n) is 11.0. The number of carbonyl (C=O) groups excluding carboxylic acids is 1. The van der Waals surface area contributed by atoms with Gasteiger partial charge in [-0.25, -0.2) is 4.98 Å². The Morgan fingerprint density at radius 1 is 1.15 bits per heavy atom. The van der Waals surface area contributed by atoms with Gasteiger partial charge in [-0.2, -0.15) is 26.3 Å². The minimum Gasteiger partial charge on any atom is -0.373 e. The number of nitrogens with one attached hydrogen (secondary N) is 2. The van der Waals surface area contributed by atoms with Crippen LogP contribution in [-0.4, -0.2) is 46.5 Å². The SMILES string of the molecule is CC1C=CC(c2csc(NC(=O)C[C@H]3CC[C@@H](NCC(O)(C(F)(F)F)C(F)(F)F)CC3)n2)=CC1. The van der Waals surface area contributed by atoms with Crippen LogP contribution in [0, 0.1) is 11.8 Å². The van der Waals surface area contributed by atoms with Crippen molar-refractivity contribution in [3.8, 4) is 0 Å². The zero-order valence-electron chi connectivity index (χ0n) is 18.5. The molecule has 0 radical (unpaired) electrons. The number of nitrogens with zero attached hydrogens (tertiary/aromatic N) is 1. The van der Waals surface area contributed by atoms with Crippen LogP contribution in [-0.2, 0) is 4.79 Å². The lowest BCUT2D eigenvalue weighted by Crippen LogP contribution is -2.63. The number of halogens is 6. The molecule has 1 unspecified atom stereocenters. The molecule has 5 nitrogen and oxygen atoms in total. The van der Waals surface area contributed by atoms with Gasteiger partial charge in [0.2, 0.25) is 5.91 Å². The molecule has 3 rings (SSSR count). The molecule has 1 aromatic heterocycles. The monoisotopic (exact) mass is 511 g/mol. The minimum absolute atomic E-state index is 0.0351. The Kier molecular flexibility index (Phi) is 8.14. The number of amides is 1. The van der Waals surface area contributed by atoms with E-state index >= 15 is 0 Å². The van der Waals surface area contributed by atoms with Crippen molar-refractivity contribution < 1.29 is 36.2 Å². The van der Waals surface area contributed by atoms with E-state index in [9.17, 15) is 36.2 Å². The van der Waals surface area contributed by atoms with Crippen LogP contribution in [0.4, 0.5) is 31.5 Å². The molecule has 2 aliphatic carbocycles. The summed E-state index contributed by atoms with van der Waals surface area (Å²) in [4.78, 5) is 16.8. The highest BCUT2D eigenvalue weighted by Crippen LogP contribution is 2.43. The Bertz CT molecular complexity index is 902. The van der Waals surface area contributed by atoms with Gasteiger partial charge < -0.3 is 15.7 Å². The molecule has 1 aromatic rings. The van der Waals surface area contributed by atoms with E-state index in [-0.39, 0.29) is 18.2 Å². The number of hydrogen-bond acceptors (Lipinski definition) is 5. The molecule has 0 aliphatic heterocycles. The van der Waals surface area contributed by atoms with Gasteiger partial charge in [0.1, 0.15) is 0 Å². The van der Waals surface area contributed by atoms with E-state index in [0.29, 0.717) is 36.7 Å². The topological polar surface area (TPSA) is 74.2 Å². The van der Waals surface area contributed by atoms with Crippen molar-refractivity contribution in [1.29, 1.82) is 0 Å². The quantitative estimate of drug-likeness (QED) is 0.426. The van der Waals surface area contributed by atoms with E-state index in [1.54, 1.807) is 0 Å². The second-order valence-electron chi connectivity index (χ2n) is 8.98. The Labute approximate surface area is 197 Å². The molecule has 2 aliphatic rings. The van der Waals surface area contributed by atoms with Crippen molar-refractivity contribution in [2.75, 3.05) is 11.9 Å². The van der Waals surface area contributed by atoms with Crippen LogP contribution < -0.4 is 10.6 Å². The predicted molar refractivity (Wildman–Crippen MR) is 117 cm³/mol. The van der Waals surface area contributed by atoms with Crippen molar-refractivity contribution in [2.24, 2.45) is 11.8 Å². The van der Waals surface area contributed by atoms with Gasteiger partial charge in [0.25, 0.3) is 5.60 Å². The summed E-state index contributed by atoms with van der Waals surface area (Å²) < 4.78 is 76.8. The summed E-state index contributed by atoms with van der Waals surface area (Å²) in [7, 11) is 0. The van der Waals surface area contributed by atoms with Crippen LogP contribution in [0.5, 0.6) is 0 Å². The standard InChI is InChI=1S/C22H27F6N3O2S/c1-13-2-6-15(7-3-13)17-11-34-19(30-17)31-18(32)10-14-4-8-16(9-5-14)29-12-20(33,21(23,24)25)22(26,27)28/h2,6-7,11,13-14,16,29,33H,3-5,8-10,12H2,1H3,(H,30,31,32)/t13?,14-,16+. The fraction of sp³-hybridized carbons (Fsp3) is 0.636. The molecular weight excluding hydrogens is 484 g/mol. The van der Waals surface area contributed by atoms with Crippen molar-refractivity contribution >= 4 is 27.9 Å². The van der Waals surface area contributed by atoms with Gasteiger partial charge in [0.05, 0.1) is 5.69 Å². The van der Waals surface area contributed by atoms with Crippen LogP contribution in [0.2, 0.25) is 0 Å². The van der Waals surface area contributed by atoms with E-state index in [1.807, 2.05) is 11.5 Å². The zero-order valence-corrected chi connectivity index (χ0v) is 19.3. The van der Waals surface area contributed by atoms with Crippen LogP contribution in [0.1, 0.15) is 51.1 Å². The summed E-state index contributed by atoms with van der Waals surface area (Å²) >= 11 is 1.31. The molecule has 34 heavy (non-hydrogen) atoms. The molecule has 3 N–H and O–H groups in total. The predicted octanol–water partition coefficient (Wildman–Crippen LogP) is 5.46. The van der Waals surface area contributed by atoms with Gasteiger partial charge in [-0.3, -0.25) is 4.79 Å². The number of rotatable bonds is 7. The molecule has 1 saturated carbocycles. The maximum atomic E-state index is 12.8. The normalized spacial score (nSPS) is 24.1. The smallest absolute Gasteiger partial charge is 0.373 e. The first kappa shape index (κ1) is 26.7. The van der Waals surface area contributed by atoms with E-state index in [0.717, 1.165) is 17.7 Å². The molecule has 0 saturated heterocycles. The molecule has 0 spiro atoms. The lowest BCUT2D eigenvalue weighted by atomic mass is 9.83. The highest BCUT2D eigenvalue weighted by molar-refractivity contribution is 7.14. The summed E-state index contributed by atoms with van der Waals surface area (Å²) in [6.07, 6.45) is -2.80. The summed E-state index contributed by atoms with van der Waals surface area (Å²) in [5, 5.41) is 16.6. The van der Waals surface area contributed by atoms with Crippen LogP contribution in [0.3, 0.4) is 0 Å². The molecule has 0 bridgehead atoms. The van der Waals surface area contributed by atoms with E-state index in [4.69, 9.17) is 0 Å². The van der Waals surface area contributed by atoms with Crippen molar-refractivity contribution in [1.82, 2.24) is 10.3 Å². The maximum Gasteiger partial charge on any atom is 0.427 e. The Morgan fingerprint density at radius 3 is 2.35 bits per heavy atom. The number of alkyl halides is 6. The van der Waals surface area contributed by atoms with E-state index in [2.05, 4.69) is 34.7 Å². The Hall–Kier alpha value is -1.92. The number of aromatic nitrogens is 1. The average molecular weight is 512 g/mol. The molecule has 0 aromatic carbocycles. The van der Waals surface area contributed by atoms with E-state index in [1.165, 1.54) is 11.3 Å². The van der Waals surface area contributed by atoms with E-state index < -0.39 is 30.5 Å². The van der Waals surface area contributed by atoms with Crippen molar-refractivity contribution in [3.05, 3.63) is 29.3 Å². The summed E-state index contributed by atoms with van der Waals surface area (Å²) in [6.45, 7) is 0.456. The second kappa shape index (κ2) is 10.4. The number of aliphatic hydroxyl groups is 1. The summed E-state index contributed by atoms with van der Waals surface area (Å²) in [5.41, 5.74) is -3.01. The number of hydrogen-bond donors (Lipinski definition) is 3. The third-order valence-electron chi connectivity index (χ3n) is 6.27. The van der Waals surface area contributed by atoms with Crippen molar-refractivity contribution in [2.45, 2.75) is 69.4 Å². The third-order valence-corrected chi connectivity index (χ3v) is 7.02. The summed E-state index contributed by atoms with van der Waals surface area (Å²) in [6, 6.07) is -0.600.